The Morgan fingerprint density at radius 3 is 1.76 bits per heavy atom. The Labute approximate surface area is 216 Å². The van der Waals surface area contributed by atoms with Crippen LogP contribution < -0.4 is 0 Å². The Morgan fingerprint density at radius 2 is 1.18 bits per heavy atom. The van der Waals surface area contributed by atoms with E-state index in [1.54, 1.807) is 0 Å². The van der Waals surface area contributed by atoms with Crippen molar-refractivity contribution < 1.29 is 0 Å². The molecule has 172 valence electrons. The van der Waals surface area contributed by atoms with E-state index >= 15 is 0 Å². The molecule has 0 saturated carbocycles. The first-order valence-electron chi connectivity index (χ1n) is 11.4. The molecule has 1 aliphatic rings. The van der Waals surface area contributed by atoms with Crippen LogP contribution in [0.15, 0.2) is 78.5 Å². The number of fused-ring (bicyclic) bond motifs is 4. The van der Waals surface area contributed by atoms with Crippen molar-refractivity contribution in [3.05, 3.63) is 113 Å². The van der Waals surface area contributed by atoms with Gasteiger partial charge in [0, 0.05) is 11.1 Å². The van der Waals surface area contributed by atoms with Gasteiger partial charge in [0.05, 0.1) is 24.0 Å². The first-order valence-corrected chi connectivity index (χ1v) is 11.4. The molecule has 0 saturated heterocycles. The van der Waals surface area contributed by atoms with Crippen LogP contribution in [-0.4, -0.2) is 19.9 Å². The Morgan fingerprint density at radius 1 is 0.632 bits per heavy atom. The van der Waals surface area contributed by atoms with Crippen molar-refractivity contribution in [3.63, 3.8) is 0 Å². The normalized spacial score (nSPS) is 12.4. The second kappa shape index (κ2) is 8.77. The van der Waals surface area contributed by atoms with E-state index in [-0.39, 0.29) is 28.4 Å². The van der Waals surface area contributed by atoms with Gasteiger partial charge in [-0.05, 0) is 33.9 Å². The summed E-state index contributed by atoms with van der Waals surface area (Å²) in [6.07, 6.45) is 0. The van der Waals surface area contributed by atoms with Gasteiger partial charge in [-0.2, -0.15) is 10.5 Å². The standard InChI is InChI=1S/C30H12N8/c1-34-25(16-33)26-22-13-20(19-9-7-18(8-10-19)17-5-3-2-4-6-17)11-12-21(22)27-28(26)38-30-29(37-27)35-23(14-31)24(15-32)36-30/h2-13H/b26-25+. The van der Waals surface area contributed by atoms with Crippen molar-refractivity contribution >= 4 is 16.9 Å². The number of rotatable bonds is 2. The molecule has 38 heavy (non-hydrogen) atoms. The summed E-state index contributed by atoms with van der Waals surface area (Å²) in [7, 11) is 0. The zero-order valence-electron chi connectivity index (χ0n) is 19.5. The summed E-state index contributed by atoms with van der Waals surface area (Å²) >= 11 is 0. The molecule has 6 rings (SSSR count). The highest BCUT2D eigenvalue weighted by atomic mass is 15.0. The van der Waals surface area contributed by atoms with Crippen molar-refractivity contribution in [2.45, 2.75) is 0 Å². The third-order valence-electron chi connectivity index (χ3n) is 6.29. The minimum absolute atomic E-state index is 0.0589. The molecular formula is C30H12N8. The fourth-order valence-corrected chi connectivity index (χ4v) is 4.53. The minimum atomic E-state index is -0.165. The Bertz CT molecular complexity index is 1980. The summed E-state index contributed by atoms with van der Waals surface area (Å²) in [5.74, 6) is 0. The van der Waals surface area contributed by atoms with E-state index in [9.17, 15) is 15.8 Å². The van der Waals surface area contributed by atoms with Crippen LogP contribution in [0.4, 0.5) is 0 Å². The first-order chi connectivity index (χ1) is 18.6. The quantitative estimate of drug-likeness (QED) is 0.228. The number of allylic oxidation sites excluding steroid dienone is 1. The monoisotopic (exact) mass is 484 g/mol. The molecule has 0 aliphatic heterocycles. The molecule has 0 N–H and O–H groups in total. The summed E-state index contributed by atoms with van der Waals surface area (Å²) < 4.78 is 0. The summed E-state index contributed by atoms with van der Waals surface area (Å²) in [4.78, 5) is 20.9. The lowest BCUT2D eigenvalue weighted by molar-refractivity contribution is 1.11. The van der Waals surface area contributed by atoms with Crippen molar-refractivity contribution in [1.29, 1.82) is 15.8 Å². The van der Waals surface area contributed by atoms with Gasteiger partial charge in [-0.3, -0.25) is 0 Å². The van der Waals surface area contributed by atoms with Gasteiger partial charge in [0.15, 0.2) is 22.7 Å². The number of aromatic nitrogens is 4. The number of benzene rings is 3. The first kappa shape index (κ1) is 22.3. The van der Waals surface area contributed by atoms with E-state index < -0.39 is 0 Å². The minimum Gasteiger partial charge on any atom is -0.226 e. The van der Waals surface area contributed by atoms with E-state index in [0.29, 0.717) is 28.1 Å². The van der Waals surface area contributed by atoms with E-state index in [4.69, 9.17) is 6.57 Å². The second-order valence-corrected chi connectivity index (χ2v) is 8.36. The van der Waals surface area contributed by atoms with E-state index in [0.717, 1.165) is 22.3 Å². The average Bonchev–Trinajstić information content (AvgIpc) is 3.28. The molecule has 0 amide bonds. The van der Waals surface area contributed by atoms with E-state index in [1.807, 2.05) is 66.7 Å². The van der Waals surface area contributed by atoms with Gasteiger partial charge >= 0.3 is 0 Å². The lowest BCUT2D eigenvalue weighted by atomic mass is 9.96. The molecule has 3 aromatic carbocycles. The van der Waals surface area contributed by atoms with Crippen LogP contribution >= 0.6 is 0 Å². The Kier molecular flexibility index (Phi) is 5.14. The Balaban J connectivity index is 1.53. The molecular weight excluding hydrogens is 472 g/mol. The number of hydrogen-bond acceptors (Lipinski definition) is 7. The van der Waals surface area contributed by atoms with Crippen molar-refractivity contribution in [3.8, 4) is 51.7 Å². The van der Waals surface area contributed by atoms with Gasteiger partial charge in [0.25, 0.3) is 5.70 Å². The van der Waals surface area contributed by atoms with E-state index in [1.165, 1.54) is 0 Å². The highest BCUT2D eigenvalue weighted by Gasteiger charge is 2.31. The molecule has 2 heterocycles. The predicted molar refractivity (Wildman–Crippen MR) is 139 cm³/mol. The molecule has 0 radical (unpaired) electrons. The zero-order valence-corrected chi connectivity index (χ0v) is 19.5. The van der Waals surface area contributed by atoms with Crippen molar-refractivity contribution in [1.82, 2.24) is 19.9 Å². The molecule has 0 bridgehead atoms. The van der Waals surface area contributed by atoms with Crippen LogP contribution in [0.3, 0.4) is 0 Å². The molecule has 0 unspecified atom stereocenters. The molecule has 8 nitrogen and oxygen atoms in total. The van der Waals surface area contributed by atoms with Gasteiger partial charge in [-0.15, -0.1) is 0 Å². The number of nitriles is 3. The highest BCUT2D eigenvalue weighted by molar-refractivity contribution is 6.03. The molecule has 0 atom stereocenters. The number of nitrogens with zero attached hydrogens (tertiary/aromatic N) is 8. The maximum atomic E-state index is 9.75. The van der Waals surface area contributed by atoms with Crippen molar-refractivity contribution in [2.75, 3.05) is 0 Å². The highest BCUT2D eigenvalue weighted by Crippen LogP contribution is 2.45. The lowest BCUT2D eigenvalue weighted by Gasteiger charge is -2.08. The van der Waals surface area contributed by atoms with Gasteiger partial charge in [0.1, 0.15) is 12.1 Å². The van der Waals surface area contributed by atoms with Crippen molar-refractivity contribution in [2.24, 2.45) is 0 Å². The lowest BCUT2D eigenvalue weighted by Crippen LogP contribution is -2.02. The van der Waals surface area contributed by atoms with Crippen LogP contribution in [0.25, 0.3) is 55.2 Å². The second-order valence-electron chi connectivity index (χ2n) is 8.36. The molecule has 8 heteroatoms. The maximum Gasteiger partial charge on any atom is 0.271 e. The third kappa shape index (κ3) is 3.43. The SMILES string of the molecule is [C-]#[N+]/C(C#N)=C1\c2cc(-c3ccc(-c4ccccc4)cc3)ccc2-c2nc3nc(C#N)c(C#N)nc3nc21. The smallest absolute Gasteiger partial charge is 0.226 e. The average molecular weight is 484 g/mol. The van der Waals surface area contributed by atoms with Crippen LogP contribution in [0.2, 0.25) is 0 Å². The largest absolute Gasteiger partial charge is 0.271 e. The topological polar surface area (TPSA) is 127 Å². The number of hydrogen-bond donors (Lipinski definition) is 0. The molecule has 5 aromatic rings. The molecule has 0 spiro atoms. The Hall–Kier alpha value is -6.22. The molecule has 0 fully saturated rings. The maximum absolute atomic E-state index is 9.75. The molecule has 1 aliphatic carbocycles. The van der Waals surface area contributed by atoms with Gasteiger partial charge in [-0.25, -0.2) is 30.0 Å². The van der Waals surface area contributed by atoms with Gasteiger partial charge < -0.3 is 0 Å². The van der Waals surface area contributed by atoms with Crippen LogP contribution in [-0.2, 0) is 0 Å². The zero-order chi connectivity index (χ0) is 26.2. The summed E-state index contributed by atoms with van der Waals surface area (Å²) in [6, 6.07) is 29.7. The van der Waals surface area contributed by atoms with Crippen LogP contribution in [0.5, 0.6) is 0 Å². The molecule has 2 aromatic heterocycles. The van der Waals surface area contributed by atoms with Gasteiger partial charge in [0.2, 0.25) is 0 Å². The predicted octanol–water partition coefficient (Wildman–Crippen LogP) is 5.68. The summed E-state index contributed by atoms with van der Waals surface area (Å²) in [6.45, 7) is 7.60. The fourth-order valence-electron chi connectivity index (χ4n) is 4.53. The summed E-state index contributed by atoms with van der Waals surface area (Å²) in [5, 5.41) is 28.4. The summed E-state index contributed by atoms with van der Waals surface area (Å²) in [5.41, 5.74) is 6.26. The van der Waals surface area contributed by atoms with Gasteiger partial charge in [-0.1, -0.05) is 66.7 Å². The van der Waals surface area contributed by atoms with Crippen LogP contribution in [0, 0.1) is 40.6 Å². The fraction of sp³-hybridized carbons (Fsp3) is 0. The third-order valence-corrected chi connectivity index (χ3v) is 6.29. The van der Waals surface area contributed by atoms with Crippen LogP contribution in [0.1, 0.15) is 22.6 Å². The van der Waals surface area contributed by atoms with E-state index in [2.05, 4.69) is 49.0 Å².